The highest BCUT2D eigenvalue weighted by Gasteiger charge is 2.23. The Balaban J connectivity index is 1.42. The average Bonchev–Trinajstić information content (AvgIpc) is 2.73. The minimum atomic E-state index is 0.0139. The molecule has 1 aliphatic rings. The van der Waals surface area contributed by atoms with Crippen LogP contribution >= 0.6 is 0 Å². The zero-order valence-corrected chi connectivity index (χ0v) is 17.1. The van der Waals surface area contributed by atoms with Gasteiger partial charge in [-0.05, 0) is 62.9 Å². The van der Waals surface area contributed by atoms with E-state index in [4.69, 9.17) is 4.74 Å². The molecule has 1 aromatic carbocycles. The summed E-state index contributed by atoms with van der Waals surface area (Å²) in [5, 5.41) is 0. The van der Waals surface area contributed by atoms with Gasteiger partial charge in [0.15, 0.2) is 0 Å². The number of piperidine rings is 1. The van der Waals surface area contributed by atoms with Crippen molar-refractivity contribution in [3.8, 4) is 5.75 Å². The van der Waals surface area contributed by atoms with Gasteiger partial charge in [-0.3, -0.25) is 4.79 Å². The Labute approximate surface area is 167 Å². The van der Waals surface area contributed by atoms with Gasteiger partial charge in [0.25, 0.3) is 5.91 Å². The maximum absolute atomic E-state index is 12.6. The van der Waals surface area contributed by atoms with Crippen LogP contribution in [0.5, 0.6) is 5.75 Å². The number of ether oxygens (including phenoxy) is 1. The number of amides is 1. The lowest BCUT2D eigenvalue weighted by atomic mass is 9.95. The minimum Gasteiger partial charge on any atom is -0.497 e. The van der Waals surface area contributed by atoms with Gasteiger partial charge in [0, 0.05) is 26.3 Å². The van der Waals surface area contributed by atoms with Crippen LogP contribution in [0.15, 0.2) is 36.8 Å². The second kappa shape index (κ2) is 9.64. The fourth-order valence-corrected chi connectivity index (χ4v) is 3.75. The van der Waals surface area contributed by atoms with E-state index in [-0.39, 0.29) is 5.91 Å². The molecule has 1 fully saturated rings. The summed E-state index contributed by atoms with van der Waals surface area (Å²) >= 11 is 0. The highest BCUT2D eigenvalue weighted by Crippen LogP contribution is 2.20. The van der Waals surface area contributed by atoms with Crippen LogP contribution in [0.4, 0.5) is 0 Å². The zero-order chi connectivity index (χ0) is 19.9. The largest absolute Gasteiger partial charge is 0.497 e. The topological polar surface area (TPSA) is 58.6 Å². The number of carbonyl (C=O) groups is 1. The van der Waals surface area contributed by atoms with Crippen LogP contribution in [0.1, 0.15) is 34.5 Å². The first-order chi connectivity index (χ1) is 13.6. The van der Waals surface area contributed by atoms with Crippen molar-refractivity contribution in [2.75, 3.05) is 40.3 Å². The van der Waals surface area contributed by atoms with Crippen molar-refractivity contribution in [2.24, 2.45) is 5.92 Å². The van der Waals surface area contributed by atoms with Gasteiger partial charge in [0.05, 0.1) is 18.4 Å². The SMILES string of the molecule is COc1ccc(CCN2CCC(CN(C)C(=O)c3cncnc3C)CC2)cc1. The summed E-state index contributed by atoms with van der Waals surface area (Å²) in [4.78, 5) is 25.1. The zero-order valence-electron chi connectivity index (χ0n) is 17.1. The predicted molar refractivity (Wildman–Crippen MR) is 110 cm³/mol. The third-order valence-electron chi connectivity index (χ3n) is 5.60. The van der Waals surface area contributed by atoms with E-state index in [0.717, 1.165) is 56.9 Å². The van der Waals surface area contributed by atoms with E-state index in [9.17, 15) is 4.79 Å². The van der Waals surface area contributed by atoms with Crippen LogP contribution in [0.25, 0.3) is 0 Å². The van der Waals surface area contributed by atoms with Crippen molar-refractivity contribution in [2.45, 2.75) is 26.2 Å². The number of carbonyl (C=O) groups excluding carboxylic acids is 1. The molecule has 6 heteroatoms. The second-order valence-corrected chi connectivity index (χ2v) is 7.59. The molecule has 2 heterocycles. The first kappa shape index (κ1) is 20.3. The average molecular weight is 383 g/mol. The number of methoxy groups -OCH3 is 1. The predicted octanol–water partition coefficient (Wildman–Crippen LogP) is 2.82. The fraction of sp³-hybridized carbons (Fsp3) is 0.500. The Morgan fingerprint density at radius 2 is 1.96 bits per heavy atom. The molecule has 3 rings (SSSR count). The molecule has 28 heavy (non-hydrogen) atoms. The number of benzene rings is 1. The van der Waals surface area contributed by atoms with E-state index in [1.165, 1.54) is 11.9 Å². The molecular formula is C22H30N4O2. The Hall–Kier alpha value is -2.47. The number of aromatic nitrogens is 2. The van der Waals surface area contributed by atoms with Crippen molar-refractivity contribution in [3.05, 3.63) is 53.6 Å². The number of hydrogen-bond acceptors (Lipinski definition) is 5. The smallest absolute Gasteiger partial charge is 0.257 e. The monoisotopic (exact) mass is 382 g/mol. The molecule has 1 saturated heterocycles. The van der Waals surface area contributed by atoms with Gasteiger partial charge in [-0.1, -0.05) is 12.1 Å². The molecule has 6 nitrogen and oxygen atoms in total. The molecule has 1 aliphatic heterocycles. The van der Waals surface area contributed by atoms with Crippen molar-refractivity contribution in [1.82, 2.24) is 19.8 Å². The maximum atomic E-state index is 12.6. The third kappa shape index (κ3) is 5.29. The summed E-state index contributed by atoms with van der Waals surface area (Å²) in [6.45, 7) is 5.91. The number of rotatable bonds is 7. The van der Waals surface area contributed by atoms with Crippen LogP contribution in [0.3, 0.4) is 0 Å². The summed E-state index contributed by atoms with van der Waals surface area (Å²) in [6.07, 6.45) is 6.41. The molecule has 1 amide bonds. The van der Waals surface area contributed by atoms with Crippen LogP contribution in [0.2, 0.25) is 0 Å². The summed E-state index contributed by atoms with van der Waals surface area (Å²) < 4.78 is 5.21. The van der Waals surface area contributed by atoms with Gasteiger partial charge >= 0.3 is 0 Å². The Morgan fingerprint density at radius 3 is 2.61 bits per heavy atom. The lowest BCUT2D eigenvalue weighted by Gasteiger charge is -2.34. The van der Waals surface area contributed by atoms with E-state index in [1.807, 2.05) is 31.0 Å². The molecule has 0 N–H and O–H groups in total. The molecular weight excluding hydrogens is 352 g/mol. The van der Waals surface area contributed by atoms with Crippen molar-refractivity contribution < 1.29 is 9.53 Å². The van der Waals surface area contributed by atoms with Crippen LogP contribution in [-0.2, 0) is 6.42 Å². The molecule has 2 aromatic rings. The second-order valence-electron chi connectivity index (χ2n) is 7.59. The Bertz CT molecular complexity index is 770. The normalized spacial score (nSPS) is 15.4. The molecule has 0 radical (unpaired) electrons. The van der Waals surface area contributed by atoms with Crippen molar-refractivity contribution in [1.29, 1.82) is 0 Å². The van der Waals surface area contributed by atoms with E-state index >= 15 is 0 Å². The standard InChI is InChI=1S/C22H30N4O2/c1-17-21(14-23-16-24-17)22(27)25(2)15-19-9-12-26(13-10-19)11-8-18-4-6-20(28-3)7-5-18/h4-7,14,16,19H,8-13,15H2,1-3H3. The number of hydrogen-bond donors (Lipinski definition) is 0. The number of aryl methyl sites for hydroxylation is 1. The number of likely N-dealkylation sites (tertiary alicyclic amines) is 1. The van der Waals surface area contributed by atoms with Gasteiger partial charge < -0.3 is 14.5 Å². The van der Waals surface area contributed by atoms with E-state index in [0.29, 0.717) is 11.5 Å². The quantitative estimate of drug-likeness (QED) is 0.737. The molecule has 0 unspecified atom stereocenters. The van der Waals surface area contributed by atoms with Gasteiger partial charge in [0.1, 0.15) is 12.1 Å². The van der Waals surface area contributed by atoms with Crippen LogP contribution < -0.4 is 4.74 Å². The summed E-state index contributed by atoms with van der Waals surface area (Å²) in [7, 11) is 3.57. The fourth-order valence-electron chi connectivity index (χ4n) is 3.75. The molecule has 0 bridgehead atoms. The molecule has 150 valence electrons. The molecule has 1 aromatic heterocycles. The first-order valence-electron chi connectivity index (χ1n) is 9.94. The van der Waals surface area contributed by atoms with Crippen LogP contribution in [0, 0.1) is 12.8 Å². The van der Waals surface area contributed by atoms with Gasteiger partial charge in [-0.2, -0.15) is 0 Å². The highest BCUT2D eigenvalue weighted by atomic mass is 16.5. The molecule has 0 atom stereocenters. The Kier molecular flexibility index (Phi) is 6.98. The Morgan fingerprint density at radius 1 is 1.25 bits per heavy atom. The summed E-state index contributed by atoms with van der Waals surface area (Å²) in [6, 6.07) is 8.32. The van der Waals surface area contributed by atoms with Crippen molar-refractivity contribution in [3.63, 3.8) is 0 Å². The summed E-state index contributed by atoms with van der Waals surface area (Å²) in [5.41, 5.74) is 2.68. The van der Waals surface area contributed by atoms with Gasteiger partial charge in [-0.15, -0.1) is 0 Å². The molecule has 0 spiro atoms. The third-order valence-corrected chi connectivity index (χ3v) is 5.60. The summed E-state index contributed by atoms with van der Waals surface area (Å²) in [5.74, 6) is 1.47. The van der Waals surface area contributed by atoms with Crippen molar-refractivity contribution >= 4 is 5.91 Å². The van der Waals surface area contributed by atoms with Crippen LogP contribution in [-0.4, -0.2) is 66.0 Å². The molecule has 0 aliphatic carbocycles. The maximum Gasteiger partial charge on any atom is 0.257 e. The van der Waals surface area contributed by atoms with Gasteiger partial charge in [0.2, 0.25) is 0 Å². The highest BCUT2D eigenvalue weighted by molar-refractivity contribution is 5.94. The number of nitrogens with zero attached hydrogens (tertiary/aromatic N) is 4. The van der Waals surface area contributed by atoms with Gasteiger partial charge in [-0.25, -0.2) is 9.97 Å². The first-order valence-corrected chi connectivity index (χ1v) is 9.94. The lowest BCUT2D eigenvalue weighted by molar-refractivity contribution is 0.0738. The minimum absolute atomic E-state index is 0.0139. The lowest BCUT2D eigenvalue weighted by Crippen LogP contribution is -2.40. The molecule has 0 saturated carbocycles. The van der Waals surface area contributed by atoms with E-state index < -0.39 is 0 Å². The van der Waals surface area contributed by atoms with E-state index in [2.05, 4.69) is 27.0 Å². The van der Waals surface area contributed by atoms with E-state index in [1.54, 1.807) is 13.3 Å².